The third-order valence-electron chi connectivity index (χ3n) is 4.32. The normalized spacial score (nSPS) is 15.4. The van der Waals surface area contributed by atoms with Crippen LogP contribution in [0.4, 0.5) is 10.2 Å². The summed E-state index contributed by atoms with van der Waals surface area (Å²) in [6.45, 7) is 3.30. The first-order valence-electron chi connectivity index (χ1n) is 8.54. The molecule has 1 fully saturated rings. The number of carbonyl (C=O) groups excluding carboxylic acids is 1. The molecule has 3 rings (SSSR count). The van der Waals surface area contributed by atoms with E-state index in [0.29, 0.717) is 17.9 Å². The van der Waals surface area contributed by atoms with Gasteiger partial charge in [-0.15, -0.1) is 0 Å². The summed E-state index contributed by atoms with van der Waals surface area (Å²) in [5.41, 5.74) is 1.48. The number of carbonyl (C=O) groups is 1. The third-order valence-corrected chi connectivity index (χ3v) is 4.32. The molecule has 1 saturated heterocycles. The summed E-state index contributed by atoms with van der Waals surface area (Å²) >= 11 is 0. The molecule has 1 aliphatic heterocycles. The van der Waals surface area contributed by atoms with Crippen LogP contribution >= 0.6 is 0 Å². The minimum absolute atomic E-state index is 0.0127. The van der Waals surface area contributed by atoms with Gasteiger partial charge in [0.2, 0.25) is 5.91 Å². The Balaban J connectivity index is 1.45. The standard InChI is InChI=1S/C18H23FN4O/c19-15-8-6-14(7-9-15)16-13-17(22-21-16)20-18(24)5-4-12-23-10-2-1-3-11-23/h6-9,13H,1-5,10-12H2,(H2,20,21,22,24). The first kappa shape index (κ1) is 16.6. The van der Waals surface area contributed by atoms with Crippen molar-refractivity contribution in [1.29, 1.82) is 0 Å². The number of hydrogen-bond acceptors (Lipinski definition) is 3. The van der Waals surface area contributed by atoms with Crippen LogP contribution in [0.15, 0.2) is 30.3 Å². The highest BCUT2D eigenvalue weighted by Crippen LogP contribution is 2.20. The van der Waals surface area contributed by atoms with Crippen LogP contribution < -0.4 is 5.32 Å². The van der Waals surface area contributed by atoms with E-state index in [1.54, 1.807) is 18.2 Å². The van der Waals surface area contributed by atoms with Gasteiger partial charge in [0.25, 0.3) is 0 Å². The highest BCUT2D eigenvalue weighted by molar-refractivity contribution is 5.90. The predicted molar refractivity (Wildman–Crippen MR) is 92.1 cm³/mol. The van der Waals surface area contributed by atoms with Crippen molar-refractivity contribution in [3.05, 3.63) is 36.1 Å². The summed E-state index contributed by atoms with van der Waals surface area (Å²) in [7, 11) is 0. The summed E-state index contributed by atoms with van der Waals surface area (Å²) in [4.78, 5) is 14.4. The fourth-order valence-electron chi connectivity index (χ4n) is 3.01. The van der Waals surface area contributed by atoms with E-state index < -0.39 is 0 Å². The molecule has 128 valence electrons. The van der Waals surface area contributed by atoms with Crippen LogP contribution in [-0.2, 0) is 4.79 Å². The van der Waals surface area contributed by atoms with Crippen molar-refractivity contribution in [3.8, 4) is 11.3 Å². The summed E-state index contributed by atoms with van der Waals surface area (Å²) in [5.74, 6) is 0.273. The van der Waals surface area contributed by atoms with E-state index in [9.17, 15) is 9.18 Å². The molecule has 0 bridgehead atoms. The van der Waals surface area contributed by atoms with Crippen LogP contribution in [0.25, 0.3) is 11.3 Å². The lowest BCUT2D eigenvalue weighted by Crippen LogP contribution is -2.31. The van der Waals surface area contributed by atoms with Crippen molar-refractivity contribution in [1.82, 2.24) is 15.1 Å². The fraction of sp³-hybridized carbons (Fsp3) is 0.444. The maximum absolute atomic E-state index is 12.9. The lowest BCUT2D eigenvalue weighted by molar-refractivity contribution is -0.116. The van der Waals surface area contributed by atoms with Gasteiger partial charge in [0.1, 0.15) is 11.6 Å². The number of nitrogens with one attached hydrogen (secondary N) is 2. The van der Waals surface area contributed by atoms with Crippen LogP contribution in [0.5, 0.6) is 0 Å². The van der Waals surface area contributed by atoms with E-state index in [1.807, 2.05) is 0 Å². The van der Waals surface area contributed by atoms with Crippen LogP contribution in [0.1, 0.15) is 32.1 Å². The van der Waals surface area contributed by atoms with Gasteiger partial charge in [0.05, 0.1) is 5.69 Å². The maximum Gasteiger partial charge on any atom is 0.225 e. The van der Waals surface area contributed by atoms with Gasteiger partial charge in [-0.1, -0.05) is 6.42 Å². The predicted octanol–water partition coefficient (Wildman–Crippen LogP) is 3.42. The van der Waals surface area contributed by atoms with E-state index in [4.69, 9.17) is 0 Å². The van der Waals surface area contributed by atoms with Gasteiger partial charge in [-0.3, -0.25) is 9.89 Å². The van der Waals surface area contributed by atoms with Crippen molar-refractivity contribution in [2.24, 2.45) is 0 Å². The molecule has 0 radical (unpaired) electrons. The molecule has 0 unspecified atom stereocenters. The lowest BCUT2D eigenvalue weighted by Gasteiger charge is -2.26. The smallest absolute Gasteiger partial charge is 0.225 e. The van der Waals surface area contributed by atoms with Crippen LogP contribution in [0, 0.1) is 5.82 Å². The number of amides is 1. The van der Waals surface area contributed by atoms with Crippen molar-refractivity contribution < 1.29 is 9.18 Å². The Morgan fingerprint density at radius 3 is 2.71 bits per heavy atom. The number of hydrogen-bond donors (Lipinski definition) is 2. The molecule has 2 aromatic rings. The second-order valence-corrected chi connectivity index (χ2v) is 6.23. The first-order valence-corrected chi connectivity index (χ1v) is 8.54. The van der Waals surface area contributed by atoms with Gasteiger partial charge in [-0.2, -0.15) is 5.10 Å². The van der Waals surface area contributed by atoms with Gasteiger partial charge in [0.15, 0.2) is 0 Å². The number of nitrogens with zero attached hydrogens (tertiary/aromatic N) is 2. The number of rotatable bonds is 6. The van der Waals surface area contributed by atoms with E-state index >= 15 is 0 Å². The van der Waals surface area contributed by atoms with Crippen LogP contribution in [-0.4, -0.2) is 40.6 Å². The van der Waals surface area contributed by atoms with E-state index in [0.717, 1.165) is 31.6 Å². The van der Waals surface area contributed by atoms with Crippen molar-refractivity contribution >= 4 is 11.7 Å². The SMILES string of the molecule is O=C(CCCN1CCCCC1)Nc1cc(-c2ccc(F)cc2)n[nH]1. The molecule has 0 spiro atoms. The molecule has 1 aromatic carbocycles. The van der Waals surface area contributed by atoms with E-state index in [2.05, 4.69) is 20.4 Å². The fourth-order valence-corrected chi connectivity index (χ4v) is 3.01. The molecular weight excluding hydrogens is 307 g/mol. The molecule has 1 amide bonds. The number of halogens is 1. The second kappa shape index (κ2) is 8.06. The summed E-state index contributed by atoms with van der Waals surface area (Å²) in [6, 6.07) is 7.87. The summed E-state index contributed by atoms with van der Waals surface area (Å²) < 4.78 is 12.9. The molecule has 6 heteroatoms. The molecule has 0 saturated carbocycles. The first-order chi connectivity index (χ1) is 11.7. The van der Waals surface area contributed by atoms with Crippen LogP contribution in [0.2, 0.25) is 0 Å². The molecule has 5 nitrogen and oxygen atoms in total. The molecule has 2 heterocycles. The minimum atomic E-state index is -0.281. The lowest BCUT2D eigenvalue weighted by atomic mass is 10.1. The topological polar surface area (TPSA) is 61.0 Å². The van der Waals surface area contributed by atoms with Gasteiger partial charge < -0.3 is 10.2 Å². The summed E-state index contributed by atoms with van der Waals surface area (Å²) in [6.07, 6.45) is 5.23. The average molecular weight is 330 g/mol. The number of anilines is 1. The molecule has 1 aromatic heterocycles. The van der Waals surface area contributed by atoms with Crippen molar-refractivity contribution in [2.45, 2.75) is 32.1 Å². The second-order valence-electron chi connectivity index (χ2n) is 6.23. The van der Waals surface area contributed by atoms with E-state index in [-0.39, 0.29) is 11.7 Å². The van der Waals surface area contributed by atoms with Gasteiger partial charge in [-0.05, 0) is 63.2 Å². The summed E-state index contributed by atoms with van der Waals surface area (Å²) in [5, 5.41) is 9.79. The Kier molecular flexibility index (Phi) is 5.59. The van der Waals surface area contributed by atoms with Crippen molar-refractivity contribution in [2.75, 3.05) is 25.0 Å². The average Bonchev–Trinajstić information content (AvgIpc) is 3.05. The van der Waals surface area contributed by atoms with Crippen LogP contribution in [0.3, 0.4) is 0 Å². The monoisotopic (exact) mass is 330 g/mol. The molecule has 24 heavy (non-hydrogen) atoms. The zero-order chi connectivity index (χ0) is 16.8. The van der Waals surface area contributed by atoms with Gasteiger partial charge >= 0.3 is 0 Å². The molecule has 1 aliphatic rings. The Hall–Kier alpha value is -2.21. The minimum Gasteiger partial charge on any atom is -0.311 e. The van der Waals surface area contributed by atoms with Gasteiger partial charge in [-0.25, -0.2) is 4.39 Å². The quantitative estimate of drug-likeness (QED) is 0.853. The zero-order valence-electron chi connectivity index (χ0n) is 13.7. The highest BCUT2D eigenvalue weighted by Gasteiger charge is 2.11. The van der Waals surface area contributed by atoms with Gasteiger partial charge in [0, 0.05) is 18.1 Å². The molecule has 2 N–H and O–H groups in total. The highest BCUT2D eigenvalue weighted by atomic mass is 19.1. The Labute approximate surface area is 141 Å². The molecular formula is C18H23FN4O. The number of aromatic amines is 1. The molecule has 0 aliphatic carbocycles. The third kappa shape index (κ3) is 4.64. The van der Waals surface area contributed by atoms with E-state index in [1.165, 1.54) is 31.4 Å². The number of benzene rings is 1. The van der Waals surface area contributed by atoms with Crippen molar-refractivity contribution in [3.63, 3.8) is 0 Å². The number of H-pyrrole nitrogens is 1. The Morgan fingerprint density at radius 1 is 1.21 bits per heavy atom. The molecule has 0 atom stereocenters. The largest absolute Gasteiger partial charge is 0.311 e. The number of piperidine rings is 1. The number of aromatic nitrogens is 2. The zero-order valence-corrected chi connectivity index (χ0v) is 13.7. The maximum atomic E-state index is 12.9. The number of likely N-dealkylation sites (tertiary alicyclic amines) is 1. The Morgan fingerprint density at radius 2 is 1.96 bits per heavy atom. The Bertz CT molecular complexity index is 662.